The van der Waals surface area contributed by atoms with E-state index in [1.54, 1.807) is 7.11 Å². The number of hydrogen-bond donors (Lipinski definition) is 1. The summed E-state index contributed by atoms with van der Waals surface area (Å²) in [4.78, 5) is 2.51. The Morgan fingerprint density at radius 2 is 2.05 bits per heavy atom. The van der Waals surface area contributed by atoms with E-state index in [-0.39, 0.29) is 5.54 Å². The molecule has 2 aliphatic carbocycles. The highest BCUT2D eigenvalue weighted by Gasteiger charge is 2.52. The second kappa shape index (κ2) is 5.38. The number of hydrogen-bond acceptors (Lipinski definition) is 3. The second-order valence-electron chi connectivity index (χ2n) is 6.59. The molecule has 3 nitrogen and oxygen atoms in total. The molecule has 0 saturated heterocycles. The van der Waals surface area contributed by atoms with Gasteiger partial charge in [-0.1, -0.05) is 18.6 Å². The third kappa shape index (κ3) is 2.23. The lowest BCUT2D eigenvalue weighted by molar-refractivity contribution is 0.0591. The normalized spacial score (nSPS) is 32.0. The minimum Gasteiger partial charge on any atom is -0.497 e. The van der Waals surface area contributed by atoms with E-state index in [2.05, 4.69) is 24.1 Å². The molecule has 2 bridgehead atoms. The maximum absolute atomic E-state index is 6.19. The molecule has 0 aliphatic heterocycles. The molecule has 2 N–H and O–H groups in total. The molecule has 1 aromatic rings. The van der Waals surface area contributed by atoms with E-state index in [4.69, 9.17) is 10.5 Å². The van der Waals surface area contributed by atoms with Crippen molar-refractivity contribution in [3.8, 4) is 5.75 Å². The zero-order valence-electron chi connectivity index (χ0n) is 12.6. The van der Waals surface area contributed by atoms with Crippen LogP contribution in [0.25, 0.3) is 0 Å². The lowest BCUT2D eigenvalue weighted by atomic mass is 9.79. The van der Waals surface area contributed by atoms with Gasteiger partial charge in [0.2, 0.25) is 0 Å². The number of fused-ring (bicyclic) bond motifs is 2. The van der Waals surface area contributed by atoms with Crippen molar-refractivity contribution in [3.05, 3.63) is 29.8 Å². The van der Waals surface area contributed by atoms with E-state index in [1.807, 2.05) is 12.1 Å². The lowest BCUT2D eigenvalue weighted by Crippen LogP contribution is -2.55. The van der Waals surface area contributed by atoms with Crippen LogP contribution >= 0.6 is 0 Å². The lowest BCUT2D eigenvalue weighted by Gasteiger charge is -2.44. The number of nitrogens with zero attached hydrogens (tertiary/aromatic N) is 1. The first-order valence-electron chi connectivity index (χ1n) is 7.72. The van der Waals surface area contributed by atoms with Gasteiger partial charge in [-0.15, -0.1) is 0 Å². The number of likely N-dealkylation sites (N-methyl/N-ethyl adjacent to an activating group) is 1. The smallest absolute Gasteiger partial charge is 0.118 e. The van der Waals surface area contributed by atoms with Crippen LogP contribution in [-0.4, -0.2) is 31.1 Å². The molecule has 20 heavy (non-hydrogen) atoms. The molecular weight excluding hydrogens is 248 g/mol. The van der Waals surface area contributed by atoms with E-state index >= 15 is 0 Å². The first-order chi connectivity index (χ1) is 9.68. The molecule has 2 saturated carbocycles. The van der Waals surface area contributed by atoms with Gasteiger partial charge in [-0.05, 0) is 55.8 Å². The zero-order chi connectivity index (χ0) is 14.2. The van der Waals surface area contributed by atoms with E-state index in [0.29, 0.717) is 0 Å². The predicted molar refractivity (Wildman–Crippen MR) is 81.7 cm³/mol. The summed E-state index contributed by atoms with van der Waals surface area (Å²) in [6.45, 7) is 1.77. The van der Waals surface area contributed by atoms with Gasteiger partial charge in [-0.2, -0.15) is 0 Å². The SMILES string of the molecule is COc1ccc(CN(C)C2(CN)CC3CCC2C3)cc1. The molecule has 0 spiro atoms. The summed E-state index contributed by atoms with van der Waals surface area (Å²) < 4.78 is 5.22. The van der Waals surface area contributed by atoms with E-state index in [1.165, 1.54) is 31.2 Å². The third-order valence-corrected chi connectivity index (χ3v) is 5.64. The van der Waals surface area contributed by atoms with Crippen molar-refractivity contribution in [2.75, 3.05) is 20.7 Å². The fourth-order valence-corrected chi connectivity index (χ4v) is 4.45. The van der Waals surface area contributed by atoms with Crippen LogP contribution in [0.15, 0.2) is 24.3 Å². The quantitative estimate of drug-likeness (QED) is 0.897. The maximum atomic E-state index is 6.19. The summed E-state index contributed by atoms with van der Waals surface area (Å²) in [5.41, 5.74) is 7.77. The molecule has 0 radical (unpaired) electrons. The number of rotatable bonds is 5. The second-order valence-corrected chi connectivity index (χ2v) is 6.59. The Morgan fingerprint density at radius 1 is 1.30 bits per heavy atom. The molecule has 1 aromatic carbocycles. The van der Waals surface area contributed by atoms with Crippen LogP contribution in [-0.2, 0) is 6.54 Å². The average Bonchev–Trinajstić information content (AvgIpc) is 3.09. The molecule has 110 valence electrons. The molecule has 0 amide bonds. The Morgan fingerprint density at radius 3 is 2.55 bits per heavy atom. The van der Waals surface area contributed by atoms with Crippen molar-refractivity contribution >= 4 is 0 Å². The molecule has 3 unspecified atom stereocenters. The third-order valence-electron chi connectivity index (χ3n) is 5.64. The predicted octanol–water partition coefficient (Wildman–Crippen LogP) is 2.64. The largest absolute Gasteiger partial charge is 0.497 e. The number of ether oxygens (including phenoxy) is 1. The van der Waals surface area contributed by atoms with Crippen molar-refractivity contribution < 1.29 is 4.74 Å². The topological polar surface area (TPSA) is 38.5 Å². The van der Waals surface area contributed by atoms with Crippen molar-refractivity contribution in [2.45, 2.75) is 37.8 Å². The van der Waals surface area contributed by atoms with E-state index < -0.39 is 0 Å². The van der Waals surface area contributed by atoms with Gasteiger partial charge in [-0.25, -0.2) is 0 Å². The minimum absolute atomic E-state index is 0.239. The summed E-state index contributed by atoms with van der Waals surface area (Å²) in [6, 6.07) is 8.40. The molecule has 3 atom stereocenters. The van der Waals surface area contributed by atoms with Crippen LogP contribution in [0.2, 0.25) is 0 Å². The Labute approximate surface area is 122 Å². The fourth-order valence-electron chi connectivity index (χ4n) is 4.45. The highest BCUT2D eigenvalue weighted by Crippen LogP contribution is 2.52. The summed E-state index contributed by atoms with van der Waals surface area (Å²) >= 11 is 0. The van der Waals surface area contributed by atoms with Crippen molar-refractivity contribution in [1.82, 2.24) is 4.90 Å². The molecule has 2 fully saturated rings. The van der Waals surface area contributed by atoms with Gasteiger partial charge in [0, 0.05) is 18.6 Å². The fraction of sp³-hybridized carbons (Fsp3) is 0.647. The molecule has 3 heteroatoms. The Kier molecular flexibility index (Phi) is 3.74. The van der Waals surface area contributed by atoms with Crippen LogP contribution in [0.3, 0.4) is 0 Å². The molecule has 3 rings (SSSR count). The highest BCUT2D eigenvalue weighted by molar-refractivity contribution is 5.27. The van der Waals surface area contributed by atoms with Crippen LogP contribution in [0.5, 0.6) is 5.75 Å². The van der Waals surface area contributed by atoms with Gasteiger partial charge >= 0.3 is 0 Å². The standard InChI is InChI=1S/C17H26N2O/c1-19(11-13-4-7-16(20-2)8-5-13)17(12-18)10-14-3-6-15(17)9-14/h4-5,7-8,14-15H,3,6,9-12,18H2,1-2H3. The monoisotopic (exact) mass is 274 g/mol. The van der Waals surface area contributed by atoms with Gasteiger partial charge in [0.25, 0.3) is 0 Å². The van der Waals surface area contributed by atoms with Gasteiger partial charge < -0.3 is 10.5 Å². The molecular formula is C17H26N2O. The van der Waals surface area contributed by atoms with Crippen LogP contribution < -0.4 is 10.5 Å². The highest BCUT2D eigenvalue weighted by atomic mass is 16.5. The summed E-state index contributed by atoms with van der Waals surface area (Å²) in [5, 5.41) is 0. The van der Waals surface area contributed by atoms with Crippen LogP contribution in [0, 0.1) is 11.8 Å². The zero-order valence-corrected chi connectivity index (χ0v) is 12.6. The Balaban J connectivity index is 1.72. The average molecular weight is 274 g/mol. The van der Waals surface area contributed by atoms with Crippen molar-refractivity contribution in [2.24, 2.45) is 17.6 Å². The first-order valence-corrected chi connectivity index (χ1v) is 7.72. The summed E-state index contributed by atoms with van der Waals surface area (Å²) in [6.07, 6.45) is 5.47. The summed E-state index contributed by atoms with van der Waals surface area (Å²) in [5.74, 6) is 2.65. The molecule has 2 aliphatic rings. The van der Waals surface area contributed by atoms with E-state index in [9.17, 15) is 0 Å². The van der Waals surface area contributed by atoms with Gasteiger partial charge in [-0.3, -0.25) is 4.90 Å². The number of methoxy groups -OCH3 is 1. The van der Waals surface area contributed by atoms with E-state index in [0.717, 1.165) is 30.7 Å². The molecule has 0 heterocycles. The summed E-state index contributed by atoms with van der Waals surface area (Å²) in [7, 11) is 3.96. The van der Waals surface area contributed by atoms with Crippen LogP contribution in [0.1, 0.15) is 31.2 Å². The van der Waals surface area contributed by atoms with Crippen molar-refractivity contribution in [1.29, 1.82) is 0 Å². The van der Waals surface area contributed by atoms with Gasteiger partial charge in [0.05, 0.1) is 7.11 Å². The number of nitrogens with two attached hydrogens (primary N) is 1. The van der Waals surface area contributed by atoms with Crippen LogP contribution in [0.4, 0.5) is 0 Å². The van der Waals surface area contributed by atoms with Gasteiger partial charge in [0.1, 0.15) is 5.75 Å². The Bertz CT molecular complexity index is 459. The first kappa shape index (κ1) is 13.9. The number of benzene rings is 1. The molecule has 0 aromatic heterocycles. The minimum atomic E-state index is 0.239. The maximum Gasteiger partial charge on any atom is 0.118 e. The van der Waals surface area contributed by atoms with Gasteiger partial charge in [0.15, 0.2) is 0 Å². The Hall–Kier alpha value is -1.06. The van der Waals surface area contributed by atoms with Crippen molar-refractivity contribution in [3.63, 3.8) is 0 Å².